The number of Topliss-reactive ketones (excluding diaryl/α,β-unsaturated/α-hetero) is 2. The number of rotatable bonds is 2. The molecule has 0 bridgehead atoms. The van der Waals surface area contributed by atoms with E-state index < -0.39 is 0 Å². The molecule has 62 valence electrons. The number of hydrogen-bond donors (Lipinski definition) is 0. The van der Waals surface area contributed by atoms with Gasteiger partial charge in [-0.05, 0) is 19.8 Å². The van der Waals surface area contributed by atoms with Crippen LogP contribution in [0.1, 0.15) is 39.5 Å². The van der Waals surface area contributed by atoms with Gasteiger partial charge in [-0.15, -0.1) is 0 Å². The summed E-state index contributed by atoms with van der Waals surface area (Å²) in [5.41, 5.74) is -0.314. The maximum Gasteiger partial charge on any atom is 0.139 e. The van der Waals surface area contributed by atoms with Crippen molar-refractivity contribution >= 4 is 11.6 Å². The summed E-state index contributed by atoms with van der Waals surface area (Å²) in [4.78, 5) is 22.1. The lowest BCUT2D eigenvalue weighted by Crippen LogP contribution is -2.24. The standard InChI is InChI=1S/C9H14O2/c1-7(10)6-9(2)5-3-4-8(9)11/h3-6H2,1-2H3/t9-/m0/s1. The zero-order valence-corrected chi connectivity index (χ0v) is 7.14. The monoisotopic (exact) mass is 154 g/mol. The van der Waals surface area contributed by atoms with Gasteiger partial charge in [0.2, 0.25) is 0 Å². The number of hydrogen-bond acceptors (Lipinski definition) is 2. The van der Waals surface area contributed by atoms with Gasteiger partial charge in [0.05, 0.1) is 0 Å². The van der Waals surface area contributed by atoms with Gasteiger partial charge in [-0.25, -0.2) is 0 Å². The Labute approximate surface area is 67.0 Å². The smallest absolute Gasteiger partial charge is 0.139 e. The van der Waals surface area contributed by atoms with Crippen molar-refractivity contribution in [2.45, 2.75) is 39.5 Å². The van der Waals surface area contributed by atoms with Crippen LogP contribution in [0, 0.1) is 5.41 Å². The van der Waals surface area contributed by atoms with E-state index >= 15 is 0 Å². The second kappa shape index (κ2) is 2.76. The first-order chi connectivity index (χ1) is 5.04. The zero-order valence-electron chi connectivity index (χ0n) is 7.14. The minimum Gasteiger partial charge on any atom is -0.300 e. The molecule has 1 fully saturated rings. The fourth-order valence-electron chi connectivity index (χ4n) is 1.82. The summed E-state index contributed by atoms with van der Waals surface area (Å²) in [6, 6.07) is 0. The molecule has 1 atom stereocenters. The van der Waals surface area contributed by atoms with E-state index in [1.165, 1.54) is 0 Å². The summed E-state index contributed by atoms with van der Waals surface area (Å²) in [6.07, 6.45) is 2.96. The molecule has 0 aromatic carbocycles. The Morgan fingerprint density at radius 3 is 2.64 bits per heavy atom. The summed E-state index contributed by atoms with van der Waals surface area (Å²) in [6.45, 7) is 3.46. The van der Waals surface area contributed by atoms with Gasteiger partial charge in [0, 0.05) is 18.3 Å². The van der Waals surface area contributed by atoms with Gasteiger partial charge in [-0.2, -0.15) is 0 Å². The van der Waals surface area contributed by atoms with Gasteiger partial charge in [-0.1, -0.05) is 6.92 Å². The average Bonchev–Trinajstić information content (AvgIpc) is 2.11. The molecule has 11 heavy (non-hydrogen) atoms. The fourth-order valence-corrected chi connectivity index (χ4v) is 1.82. The van der Waals surface area contributed by atoms with Crippen molar-refractivity contribution in [3.05, 3.63) is 0 Å². The first-order valence-electron chi connectivity index (χ1n) is 4.07. The molecule has 0 spiro atoms. The SMILES string of the molecule is CC(=O)C[C@]1(C)CCCC1=O. The van der Waals surface area contributed by atoms with Gasteiger partial charge >= 0.3 is 0 Å². The third kappa shape index (κ3) is 1.67. The molecule has 0 radical (unpaired) electrons. The number of carbonyl (C=O) groups is 2. The second-order valence-electron chi connectivity index (χ2n) is 3.72. The van der Waals surface area contributed by atoms with Crippen molar-refractivity contribution in [1.29, 1.82) is 0 Å². The first-order valence-corrected chi connectivity index (χ1v) is 4.07. The molecular formula is C9H14O2. The third-order valence-corrected chi connectivity index (χ3v) is 2.44. The zero-order chi connectivity index (χ0) is 8.48. The summed E-state index contributed by atoms with van der Waals surface area (Å²) < 4.78 is 0. The lowest BCUT2D eigenvalue weighted by molar-refractivity contribution is -0.130. The molecule has 0 heterocycles. The molecule has 1 aliphatic rings. The van der Waals surface area contributed by atoms with E-state index in [1.54, 1.807) is 6.92 Å². The normalized spacial score (nSPS) is 30.9. The van der Waals surface area contributed by atoms with Crippen molar-refractivity contribution in [2.24, 2.45) is 5.41 Å². The summed E-state index contributed by atoms with van der Waals surface area (Å²) in [5, 5.41) is 0. The summed E-state index contributed by atoms with van der Waals surface area (Å²) >= 11 is 0. The summed E-state index contributed by atoms with van der Waals surface area (Å²) in [5.74, 6) is 0.399. The maximum atomic E-state index is 11.3. The van der Waals surface area contributed by atoms with Crippen LogP contribution in [0.15, 0.2) is 0 Å². The van der Waals surface area contributed by atoms with Gasteiger partial charge in [-0.3, -0.25) is 9.59 Å². The van der Waals surface area contributed by atoms with Crippen LogP contribution in [-0.2, 0) is 9.59 Å². The van der Waals surface area contributed by atoms with Crippen LogP contribution in [0.25, 0.3) is 0 Å². The Balaban J connectivity index is 2.65. The highest BCUT2D eigenvalue weighted by Crippen LogP contribution is 2.37. The lowest BCUT2D eigenvalue weighted by atomic mass is 9.83. The topological polar surface area (TPSA) is 34.1 Å². The Kier molecular flexibility index (Phi) is 2.12. The molecule has 1 saturated carbocycles. The molecule has 2 nitrogen and oxygen atoms in total. The Morgan fingerprint density at radius 1 is 1.64 bits per heavy atom. The van der Waals surface area contributed by atoms with E-state index in [9.17, 15) is 9.59 Å². The van der Waals surface area contributed by atoms with E-state index in [1.807, 2.05) is 6.92 Å². The predicted octanol–water partition coefficient (Wildman–Crippen LogP) is 1.72. The molecule has 0 saturated heterocycles. The highest BCUT2D eigenvalue weighted by molar-refractivity contribution is 5.91. The minimum atomic E-state index is -0.314. The van der Waals surface area contributed by atoms with Crippen LogP contribution < -0.4 is 0 Å². The molecular weight excluding hydrogens is 140 g/mol. The van der Waals surface area contributed by atoms with Gasteiger partial charge in [0.15, 0.2) is 0 Å². The van der Waals surface area contributed by atoms with Crippen molar-refractivity contribution in [1.82, 2.24) is 0 Å². The second-order valence-corrected chi connectivity index (χ2v) is 3.72. The van der Waals surface area contributed by atoms with Crippen molar-refractivity contribution in [3.8, 4) is 0 Å². The van der Waals surface area contributed by atoms with Crippen LogP contribution in [0.5, 0.6) is 0 Å². The number of ketones is 2. The quantitative estimate of drug-likeness (QED) is 0.607. The molecule has 1 aliphatic carbocycles. The number of carbonyl (C=O) groups excluding carboxylic acids is 2. The lowest BCUT2D eigenvalue weighted by Gasteiger charge is -2.19. The van der Waals surface area contributed by atoms with Gasteiger partial charge < -0.3 is 0 Å². The largest absolute Gasteiger partial charge is 0.300 e. The molecule has 1 rings (SSSR count). The van der Waals surface area contributed by atoms with Crippen LogP contribution in [0.2, 0.25) is 0 Å². The molecule has 2 heteroatoms. The van der Waals surface area contributed by atoms with Crippen molar-refractivity contribution in [3.63, 3.8) is 0 Å². The highest BCUT2D eigenvalue weighted by atomic mass is 16.1. The van der Waals surface area contributed by atoms with Gasteiger partial charge in [0.1, 0.15) is 11.6 Å². The minimum absolute atomic E-state index is 0.128. The Morgan fingerprint density at radius 2 is 2.27 bits per heavy atom. The average molecular weight is 154 g/mol. The summed E-state index contributed by atoms with van der Waals surface area (Å²) in [7, 11) is 0. The first kappa shape index (κ1) is 8.44. The van der Waals surface area contributed by atoms with Gasteiger partial charge in [0.25, 0.3) is 0 Å². The van der Waals surface area contributed by atoms with E-state index in [-0.39, 0.29) is 17.0 Å². The molecule has 0 aromatic rings. The third-order valence-electron chi connectivity index (χ3n) is 2.44. The van der Waals surface area contributed by atoms with E-state index in [0.29, 0.717) is 12.8 Å². The predicted molar refractivity (Wildman–Crippen MR) is 42.3 cm³/mol. The van der Waals surface area contributed by atoms with E-state index in [2.05, 4.69) is 0 Å². The van der Waals surface area contributed by atoms with Crippen molar-refractivity contribution < 1.29 is 9.59 Å². The van der Waals surface area contributed by atoms with Crippen molar-refractivity contribution in [2.75, 3.05) is 0 Å². The molecule has 0 unspecified atom stereocenters. The van der Waals surface area contributed by atoms with Crippen LogP contribution >= 0.6 is 0 Å². The molecule has 0 amide bonds. The molecule has 0 aromatic heterocycles. The Bertz CT molecular complexity index is 196. The van der Waals surface area contributed by atoms with Crippen LogP contribution in [-0.4, -0.2) is 11.6 Å². The maximum absolute atomic E-state index is 11.3. The fraction of sp³-hybridized carbons (Fsp3) is 0.778. The highest BCUT2D eigenvalue weighted by Gasteiger charge is 2.37. The molecule has 0 N–H and O–H groups in total. The van der Waals surface area contributed by atoms with E-state index in [0.717, 1.165) is 12.8 Å². The Hall–Kier alpha value is -0.660. The molecule has 0 aliphatic heterocycles. The van der Waals surface area contributed by atoms with Crippen LogP contribution in [0.3, 0.4) is 0 Å². The van der Waals surface area contributed by atoms with E-state index in [4.69, 9.17) is 0 Å². The van der Waals surface area contributed by atoms with Crippen LogP contribution in [0.4, 0.5) is 0 Å².